The Bertz CT molecular complexity index is 1500. The fourth-order valence-electron chi connectivity index (χ4n) is 6.02. The molecule has 2 aromatic heterocycles. The molecular weight excluding hydrogens is 511 g/mol. The molecule has 0 amide bonds. The number of Topliss-reactive ketones (excluding diaryl/α,β-unsaturated/α-hetero) is 1. The summed E-state index contributed by atoms with van der Waals surface area (Å²) in [4.78, 5) is 37.9. The second-order valence-electron chi connectivity index (χ2n) is 10.2. The van der Waals surface area contributed by atoms with E-state index in [2.05, 4.69) is 17.1 Å². The van der Waals surface area contributed by atoms with Crippen LogP contribution in [0.15, 0.2) is 39.0 Å². The number of benzene rings is 1. The minimum atomic E-state index is -0.730. The summed E-state index contributed by atoms with van der Waals surface area (Å²) in [5.41, 5.74) is 4.41. The van der Waals surface area contributed by atoms with E-state index in [4.69, 9.17) is 10.5 Å². The maximum atomic E-state index is 14.2. The van der Waals surface area contributed by atoms with Crippen molar-refractivity contribution in [1.29, 1.82) is 0 Å². The fourth-order valence-corrected chi connectivity index (χ4v) is 6.93. The van der Waals surface area contributed by atoms with Crippen LogP contribution in [0, 0.1) is 23.6 Å². The molecule has 2 N–H and O–H groups in total. The molecule has 3 aromatic rings. The van der Waals surface area contributed by atoms with Crippen LogP contribution in [0.3, 0.4) is 0 Å². The first-order valence-corrected chi connectivity index (χ1v) is 13.7. The maximum Gasteiger partial charge on any atom is 0.332 e. The molecule has 0 aliphatic heterocycles. The molecule has 2 fully saturated rings. The smallest absolute Gasteiger partial charge is 0.332 e. The molecule has 2 aliphatic rings. The zero-order chi connectivity index (χ0) is 27.1. The molecule has 2 saturated carbocycles. The van der Waals surface area contributed by atoms with Gasteiger partial charge < -0.3 is 10.5 Å². The minimum Gasteiger partial charge on any atom is -0.483 e. The number of nitrogens with zero attached hydrogens (tertiary/aromatic N) is 5. The summed E-state index contributed by atoms with van der Waals surface area (Å²) in [5.74, 6) is 1.22. The van der Waals surface area contributed by atoms with Crippen LogP contribution in [0.4, 0.5) is 10.2 Å². The number of hydrogen-bond donors (Lipinski definition) is 1. The number of carbonyl (C=O) groups is 1. The molecule has 0 unspecified atom stereocenters. The zero-order valence-electron chi connectivity index (χ0n) is 21.6. The largest absolute Gasteiger partial charge is 0.483 e. The molecule has 1 aromatic carbocycles. The van der Waals surface area contributed by atoms with Crippen molar-refractivity contribution in [3.05, 3.63) is 62.3 Å². The summed E-state index contributed by atoms with van der Waals surface area (Å²) in [7, 11) is 2.72. The average molecular weight is 543 g/mol. The number of fused-ring (bicyclic) bond motifs is 2. The van der Waals surface area contributed by atoms with Crippen molar-refractivity contribution in [2.75, 3.05) is 11.5 Å². The first-order valence-electron chi connectivity index (χ1n) is 12.7. The average Bonchev–Trinajstić information content (AvgIpc) is 3.65. The SMILES string of the molecule is C[C@@H]([C@H]1C[C@H]2CC[C@H]1C2)n1c(COc2ccccc2F)nnc1SCC(=O)c1c(N)n(C)c(=O)n(C)c1=O. The molecule has 4 atom stereocenters. The molecule has 38 heavy (non-hydrogen) atoms. The van der Waals surface area contributed by atoms with Gasteiger partial charge in [0, 0.05) is 20.1 Å². The Balaban J connectivity index is 1.41. The van der Waals surface area contributed by atoms with Gasteiger partial charge in [0.2, 0.25) is 0 Å². The summed E-state index contributed by atoms with van der Waals surface area (Å²) < 4.78 is 23.8. The van der Waals surface area contributed by atoms with Crippen LogP contribution in [-0.2, 0) is 20.7 Å². The number of aromatic nitrogens is 5. The van der Waals surface area contributed by atoms with Gasteiger partial charge in [0.15, 0.2) is 28.3 Å². The van der Waals surface area contributed by atoms with Gasteiger partial charge in [-0.25, -0.2) is 9.18 Å². The summed E-state index contributed by atoms with van der Waals surface area (Å²) in [6.45, 7) is 2.15. The van der Waals surface area contributed by atoms with Gasteiger partial charge in [-0.1, -0.05) is 30.3 Å². The van der Waals surface area contributed by atoms with Crippen LogP contribution in [0.25, 0.3) is 0 Å². The van der Waals surface area contributed by atoms with E-state index < -0.39 is 22.8 Å². The van der Waals surface area contributed by atoms with E-state index in [0.29, 0.717) is 22.8 Å². The zero-order valence-corrected chi connectivity index (χ0v) is 22.4. The number of rotatable bonds is 9. The third-order valence-corrected chi connectivity index (χ3v) is 9.01. The number of halogens is 1. The van der Waals surface area contributed by atoms with Gasteiger partial charge in [-0.05, 0) is 56.1 Å². The number of ketones is 1. The third kappa shape index (κ3) is 4.65. The van der Waals surface area contributed by atoms with Gasteiger partial charge in [-0.2, -0.15) is 0 Å². The number of nitrogen functional groups attached to an aromatic ring is 1. The van der Waals surface area contributed by atoms with E-state index in [1.165, 1.54) is 39.4 Å². The van der Waals surface area contributed by atoms with Gasteiger partial charge >= 0.3 is 5.69 Å². The Morgan fingerprint density at radius 2 is 1.95 bits per heavy atom. The maximum absolute atomic E-state index is 14.2. The van der Waals surface area contributed by atoms with Gasteiger partial charge in [-0.15, -0.1) is 10.2 Å². The van der Waals surface area contributed by atoms with Crippen molar-refractivity contribution in [2.45, 2.75) is 50.4 Å². The molecule has 0 radical (unpaired) electrons. The van der Waals surface area contributed by atoms with Crippen molar-refractivity contribution in [3.63, 3.8) is 0 Å². The van der Waals surface area contributed by atoms with Crippen molar-refractivity contribution >= 4 is 23.4 Å². The number of ether oxygens (including phenoxy) is 1. The first kappa shape index (κ1) is 26.2. The second kappa shape index (κ2) is 10.4. The molecule has 10 nitrogen and oxygen atoms in total. The minimum absolute atomic E-state index is 0.0158. The molecular formula is C26H31FN6O4S. The predicted molar refractivity (Wildman–Crippen MR) is 141 cm³/mol. The Kier molecular flexibility index (Phi) is 7.17. The number of para-hydroxylation sites is 1. The molecule has 202 valence electrons. The van der Waals surface area contributed by atoms with Crippen LogP contribution in [0.2, 0.25) is 0 Å². The topological polar surface area (TPSA) is 127 Å². The molecule has 2 heterocycles. The lowest BCUT2D eigenvalue weighted by atomic mass is 9.84. The standard InChI is InChI=1S/C26H31FN6O4S/c1-14(17-11-15-8-9-16(17)10-15)33-21(12-37-20-7-5-4-6-18(20)27)29-30-25(33)38-13-19(34)22-23(28)31(2)26(36)32(3)24(22)35/h4-7,14-17H,8-13,28H2,1-3H3/t14-,15-,16-,17+/m0/s1. The Hall–Kier alpha value is -3.41. The highest BCUT2D eigenvalue weighted by Crippen LogP contribution is 2.52. The first-order chi connectivity index (χ1) is 18.2. The lowest BCUT2D eigenvalue weighted by Crippen LogP contribution is -2.41. The molecule has 2 aliphatic carbocycles. The highest BCUT2D eigenvalue weighted by molar-refractivity contribution is 7.99. The number of anilines is 1. The van der Waals surface area contributed by atoms with E-state index in [-0.39, 0.29) is 35.5 Å². The third-order valence-electron chi connectivity index (χ3n) is 8.07. The van der Waals surface area contributed by atoms with Crippen LogP contribution >= 0.6 is 11.8 Å². The van der Waals surface area contributed by atoms with Crippen LogP contribution < -0.4 is 21.7 Å². The van der Waals surface area contributed by atoms with E-state index in [1.54, 1.807) is 18.2 Å². The molecule has 5 rings (SSSR count). The normalized spacial score (nSPS) is 21.1. The summed E-state index contributed by atoms with van der Waals surface area (Å²) in [5, 5.41) is 9.20. The summed E-state index contributed by atoms with van der Waals surface area (Å²) >= 11 is 1.16. The van der Waals surface area contributed by atoms with Gasteiger partial charge in [0.1, 0.15) is 18.0 Å². The number of nitrogens with two attached hydrogens (primary N) is 1. The monoisotopic (exact) mass is 542 g/mol. The quantitative estimate of drug-likeness (QED) is 0.323. The Labute approximate surface area is 223 Å². The molecule has 12 heteroatoms. The highest BCUT2D eigenvalue weighted by atomic mass is 32.2. The second-order valence-corrected chi connectivity index (χ2v) is 11.2. The lowest BCUT2D eigenvalue weighted by Gasteiger charge is -2.30. The van der Waals surface area contributed by atoms with E-state index in [9.17, 15) is 18.8 Å². The van der Waals surface area contributed by atoms with Crippen molar-refractivity contribution in [3.8, 4) is 5.75 Å². The summed E-state index contributed by atoms with van der Waals surface area (Å²) in [6.07, 6.45) is 4.84. The van der Waals surface area contributed by atoms with Crippen LogP contribution in [0.5, 0.6) is 5.75 Å². The Morgan fingerprint density at radius 3 is 2.63 bits per heavy atom. The van der Waals surface area contributed by atoms with Crippen molar-refractivity contribution in [1.82, 2.24) is 23.9 Å². The number of carbonyl (C=O) groups excluding carboxylic acids is 1. The lowest BCUT2D eigenvalue weighted by molar-refractivity contribution is 0.102. The summed E-state index contributed by atoms with van der Waals surface area (Å²) in [6, 6.07) is 6.23. The van der Waals surface area contributed by atoms with E-state index in [1.807, 2.05) is 4.57 Å². The highest BCUT2D eigenvalue weighted by Gasteiger charge is 2.43. The predicted octanol–water partition coefficient (Wildman–Crippen LogP) is 2.95. The van der Waals surface area contributed by atoms with Crippen LogP contribution in [0.1, 0.15) is 54.8 Å². The molecule has 0 saturated heterocycles. The van der Waals surface area contributed by atoms with Crippen molar-refractivity contribution < 1.29 is 13.9 Å². The fraction of sp³-hybridized carbons (Fsp3) is 0.500. The van der Waals surface area contributed by atoms with Gasteiger partial charge in [0.25, 0.3) is 5.56 Å². The van der Waals surface area contributed by atoms with E-state index in [0.717, 1.165) is 33.2 Å². The van der Waals surface area contributed by atoms with Crippen molar-refractivity contribution in [2.24, 2.45) is 31.8 Å². The number of hydrogen-bond acceptors (Lipinski definition) is 8. The van der Waals surface area contributed by atoms with E-state index >= 15 is 0 Å². The van der Waals surface area contributed by atoms with Gasteiger partial charge in [-0.3, -0.25) is 23.3 Å². The van der Waals surface area contributed by atoms with Gasteiger partial charge in [0.05, 0.1) is 5.75 Å². The molecule has 0 spiro atoms. The molecule has 2 bridgehead atoms. The number of thioether (sulfide) groups is 1. The van der Waals surface area contributed by atoms with Crippen LogP contribution in [-0.4, -0.2) is 35.4 Å². The Morgan fingerprint density at radius 1 is 1.18 bits per heavy atom.